The van der Waals surface area contributed by atoms with Crippen LogP contribution >= 0.6 is 0 Å². The van der Waals surface area contributed by atoms with E-state index < -0.39 is 0 Å². The molecule has 0 unspecified atom stereocenters. The fourth-order valence-electron chi connectivity index (χ4n) is 2.73. The van der Waals surface area contributed by atoms with Crippen LogP contribution in [0.25, 0.3) is 0 Å². The minimum absolute atomic E-state index is 0.211. The lowest BCUT2D eigenvalue weighted by Crippen LogP contribution is -2.37. The number of nitrogens with one attached hydrogen (secondary N) is 1. The monoisotopic (exact) mass is 289 g/mol. The number of rotatable bonds is 5. The lowest BCUT2D eigenvalue weighted by atomic mass is 9.84. The maximum absolute atomic E-state index is 11.8. The molecule has 0 aromatic heterocycles. The number of hydrogen-bond acceptors (Lipinski definition) is 3. The van der Waals surface area contributed by atoms with E-state index in [0.29, 0.717) is 12.5 Å². The summed E-state index contributed by atoms with van der Waals surface area (Å²) >= 11 is 0. The Morgan fingerprint density at radius 3 is 2.62 bits per heavy atom. The van der Waals surface area contributed by atoms with E-state index in [1.54, 1.807) is 6.08 Å². The molecule has 1 fully saturated rings. The number of carbonyl (C=O) groups excluding carboxylic acids is 1. The lowest BCUT2D eigenvalue weighted by Gasteiger charge is -2.28. The van der Waals surface area contributed by atoms with Gasteiger partial charge in [-0.3, -0.25) is 0 Å². The molecule has 21 heavy (non-hydrogen) atoms. The zero-order chi connectivity index (χ0) is 14.9. The van der Waals surface area contributed by atoms with Crippen LogP contribution in [-0.4, -0.2) is 17.2 Å². The van der Waals surface area contributed by atoms with Crippen molar-refractivity contribution in [1.82, 2.24) is 5.32 Å². The molecule has 0 bridgehead atoms. The Hall–Kier alpha value is -1.97. The molecule has 0 spiro atoms. The average molecular weight is 289 g/mol. The summed E-state index contributed by atoms with van der Waals surface area (Å²) < 4.78 is 5.23. The van der Waals surface area contributed by atoms with Gasteiger partial charge in [-0.25, -0.2) is 4.79 Å². The third kappa shape index (κ3) is 5.50. The van der Waals surface area contributed by atoms with Gasteiger partial charge in [0.1, 0.15) is 6.61 Å². The van der Waals surface area contributed by atoms with Gasteiger partial charge in [0, 0.05) is 6.04 Å². The number of aliphatic hydroxyl groups is 1. The average Bonchev–Trinajstić information content (AvgIpc) is 2.53. The van der Waals surface area contributed by atoms with Crippen LogP contribution in [0.5, 0.6) is 0 Å². The molecule has 4 heteroatoms. The van der Waals surface area contributed by atoms with Crippen molar-refractivity contribution in [1.29, 1.82) is 0 Å². The predicted octanol–water partition coefficient (Wildman–Crippen LogP) is 3.93. The zero-order valence-corrected chi connectivity index (χ0v) is 12.2. The van der Waals surface area contributed by atoms with Crippen LogP contribution in [0, 0.1) is 5.92 Å². The molecule has 1 aliphatic carbocycles. The molecule has 1 aromatic rings. The van der Waals surface area contributed by atoms with Gasteiger partial charge in [-0.1, -0.05) is 30.3 Å². The zero-order valence-electron chi connectivity index (χ0n) is 12.2. The maximum Gasteiger partial charge on any atom is 0.407 e. The number of allylic oxidation sites excluding steroid dienone is 1. The van der Waals surface area contributed by atoms with Crippen molar-refractivity contribution in [2.75, 3.05) is 0 Å². The molecule has 4 nitrogen and oxygen atoms in total. The molecule has 0 radical (unpaired) electrons. The fourth-order valence-corrected chi connectivity index (χ4v) is 2.73. The second-order valence-corrected chi connectivity index (χ2v) is 5.54. The van der Waals surface area contributed by atoms with Gasteiger partial charge in [-0.15, -0.1) is 0 Å². The number of amides is 1. The first-order valence-corrected chi connectivity index (χ1v) is 7.54. The van der Waals surface area contributed by atoms with E-state index >= 15 is 0 Å². The van der Waals surface area contributed by atoms with E-state index in [2.05, 4.69) is 5.32 Å². The van der Waals surface area contributed by atoms with Crippen molar-refractivity contribution in [3.05, 3.63) is 48.2 Å². The Kier molecular flexibility index (Phi) is 6.13. The lowest BCUT2D eigenvalue weighted by molar-refractivity contribution is 0.131. The van der Waals surface area contributed by atoms with Gasteiger partial charge in [0.15, 0.2) is 0 Å². The Morgan fingerprint density at radius 2 is 1.95 bits per heavy atom. The molecule has 0 saturated heterocycles. The summed E-state index contributed by atoms with van der Waals surface area (Å²) in [7, 11) is 0. The highest BCUT2D eigenvalue weighted by Gasteiger charge is 2.22. The van der Waals surface area contributed by atoms with Crippen LogP contribution in [0.1, 0.15) is 37.7 Å². The summed E-state index contributed by atoms with van der Waals surface area (Å²) in [6.07, 6.45) is 7.61. The number of alkyl carbamates (subject to hydrolysis) is 1. The summed E-state index contributed by atoms with van der Waals surface area (Å²) in [5, 5.41) is 11.6. The van der Waals surface area contributed by atoms with E-state index in [-0.39, 0.29) is 12.1 Å². The minimum Gasteiger partial charge on any atom is -0.516 e. The molecule has 0 heterocycles. The van der Waals surface area contributed by atoms with Crippen molar-refractivity contribution in [2.24, 2.45) is 5.92 Å². The highest BCUT2D eigenvalue weighted by atomic mass is 16.5. The number of hydrogen-bond donors (Lipinski definition) is 2. The minimum atomic E-state index is -0.336. The second kappa shape index (κ2) is 8.35. The molecule has 1 aromatic carbocycles. The summed E-state index contributed by atoms with van der Waals surface area (Å²) in [5.74, 6) is 0.617. The molecule has 1 aliphatic rings. The molecule has 0 atom stereocenters. The number of carbonyl (C=O) groups is 1. The molecule has 0 aliphatic heterocycles. The Bertz CT molecular complexity index is 450. The van der Waals surface area contributed by atoms with Crippen LogP contribution in [0.4, 0.5) is 4.79 Å². The van der Waals surface area contributed by atoms with E-state index in [0.717, 1.165) is 43.9 Å². The van der Waals surface area contributed by atoms with Gasteiger partial charge in [0.05, 0.1) is 6.26 Å². The first-order valence-electron chi connectivity index (χ1n) is 7.54. The standard InChI is InChI=1S/C17H23NO3/c19-12-4-7-14-8-10-16(11-9-14)18-17(20)21-13-15-5-2-1-3-6-15/h1-6,12,14,16,19H,7-11,13H2,(H,18,20). The molecule has 1 saturated carbocycles. The molecular formula is C17H23NO3. The van der Waals surface area contributed by atoms with Gasteiger partial charge in [-0.2, -0.15) is 0 Å². The van der Waals surface area contributed by atoms with E-state index in [1.807, 2.05) is 30.3 Å². The highest BCUT2D eigenvalue weighted by molar-refractivity contribution is 5.67. The van der Waals surface area contributed by atoms with Crippen molar-refractivity contribution in [3.63, 3.8) is 0 Å². The maximum atomic E-state index is 11.8. The van der Waals surface area contributed by atoms with Crippen LogP contribution in [-0.2, 0) is 11.3 Å². The third-order valence-corrected chi connectivity index (χ3v) is 3.96. The quantitative estimate of drug-likeness (QED) is 0.807. The third-order valence-electron chi connectivity index (χ3n) is 3.96. The predicted molar refractivity (Wildman–Crippen MR) is 81.9 cm³/mol. The van der Waals surface area contributed by atoms with Gasteiger partial charge in [0.2, 0.25) is 0 Å². The summed E-state index contributed by atoms with van der Waals surface area (Å²) in [6.45, 7) is 0.309. The molecule has 2 rings (SSSR count). The van der Waals surface area contributed by atoms with Gasteiger partial charge in [0.25, 0.3) is 0 Å². The highest BCUT2D eigenvalue weighted by Crippen LogP contribution is 2.27. The summed E-state index contributed by atoms with van der Waals surface area (Å²) in [6, 6.07) is 9.88. The van der Waals surface area contributed by atoms with Gasteiger partial charge >= 0.3 is 6.09 Å². The van der Waals surface area contributed by atoms with Crippen LogP contribution in [0.3, 0.4) is 0 Å². The van der Waals surface area contributed by atoms with E-state index in [9.17, 15) is 4.79 Å². The number of aliphatic hydroxyl groups excluding tert-OH is 1. The number of ether oxygens (including phenoxy) is 1. The summed E-state index contributed by atoms with van der Waals surface area (Å²) in [4.78, 5) is 11.8. The van der Waals surface area contributed by atoms with Crippen molar-refractivity contribution >= 4 is 6.09 Å². The van der Waals surface area contributed by atoms with E-state index in [1.165, 1.54) is 0 Å². The summed E-state index contributed by atoms with van der Waals surface area (Å²) in [5.41, 5.74) is 0.993. The molecule has 2 N–H and O–H groups in total. The van der Waals surface area contributed by atoms with Crippen molar-refractivity contribution < 1.29 is 14.6 Å². The second-order valence-electron chi connectivity index (χ2n) is 5.54. The van der Waals surface area contributed by atoms with E-state index in [4.69, 9.17) is 9.84 Å². The Morgan fingerprint density at radius 1 is 1.24 bits per heavy atom. The van der Waals surface area contributed by atoms with Crippen molar-refractivity contribution in [2.45, 2.75) is 44.8 Å². The fraction of sp³-hybridized carbons (Fsp3) is 0.471. The Balaban J connectivity index is 1.65. The number of benzene rings is 1. The first-order chi connectivity index (χ1) is 10.3. The van der Waals surface area contributed by atoms with Crippen LogP contribution in [0.2, 0.25) is 0 Å². The van der Waals surface area contributed by atoms with Gasteiger partial charge < -0.3 is 15.2 Å². The topological polar surface area (TPSA) is 58.6 Å². The van der Waals surface area contributed by atoms with Crippen LogP contribution < -0.4 is 5.32 Å². The van der Waals surface area contributed by atoms with Crippen molar-refractivity contribution in [3.8, 4) is 0 Å². The largest absolute Gasteiger partial charge is 0.516 e. The van der Waals surface area contributed by atoms with Gasteiger partial charge in [-0.05, 0) is 49.7 Å². The molecule has 1 amide bonds. The first kappa shape index (κ1) is 15.4. The molecule has 114 valence electrons. The smallest absolute Gasteiger partial charge is 0.407 e. The van der Waals surface area contributed by atoms with Crippen LogP contribution in [0.15, 0.2) is 42.7 Å². The Labute approximate surface area is 125 Å². The normalized spacial score (nSPS) is 22.1. The molecular weight excluding hydrogens is 266 g/mol. The SMILES string of the molecule is O=C(NC1CCC(CC=CO)CC1)OCc1ccccc1.